The third-order valence-electron chi connectivity index (χ3n) is 3.17. The molecule has 1 fully saturated rings. The molecule has 0 bridgehead atoms. The predicted molar refractivity (Wildman–Crippen MR) is 84.7 cm³/mol. The first-order valence-electron chi connectivity index (χ1n) is 6.13. The molecule has 0 spiro atoms. The number of nitrogens with one attached hydrogen (secondary N) is 1. The van der Waals surface area contributed by atoms with Gasteiger partial charge in [-0.15, -0.1) is 36.2 Å². The Hall–Kier alpha value is 0.0900. The summed E-state index contributed by atoms with van der Waals surface area (Å²) in [4.78, 5) is 7.06. The Kier molecular flexibility index (Phi) is 9.96. The van der Waals surface area contributed by atoms with Gasteiger partial charge >= 0.3 is 0 Å². The zero-order valence-corrected chi connectivity index (χ0v) is 13.9. The third-order valence-corrected chi connectivity index (χ3v) is 4.04. The van der Waals surface area contributed by atoms with E-state index in [1.54, 1.807) is 18.4 Å². The van der Waals surface area contributed by atoms with E-state index in [4.69, 9.17) is 4.74 Å². The lowest BCUT2D eigenvalue weighted by Gasteiger charge is -2.31. The molecule has 0 saturated carbocycles. The number of hydrogen-bond acceptors (Lipinski definition) is 5. The first-order chi connectivity index (χ1) is 8.31. The van der Waals surface area contributed by atoms with Crippen molar-refractivity contribution in [3.8, 4) is 0 Å². The van der Waals surface area contributed by atoms with Crippen LogP contribution in [-0.2, 0) is 17.9 Å². The number of likely N-dealkylation sites (tertiary alicyclic amines) is 1. The molecule has 4 nitrogen and oxygen atoms in total. The van der Waals surface area contributed by atoms with Gasteiger partial charge in [-0.1, -0.05) is 0 Å². The van der Waals surface area contributed by atoms with E-state index >= 15 is 0 Å². The second kappa shape index (κ2) is 9.91. The number of piperidine rings is 1. The highest BCUT2D eigenvalue weighted by atomic mass is 35.5. The van der Waals surface area contributed by atoms with Crippen molar-refractivity contribution >= 4 is 36.2 Å². The molecule has 0 radical (unpaired) electrons. The number of hydrogen-bond donors (Lipinski definition) is 1. The number of aromatic nitrogens is 1. The zero-order chi connectivity index (χ0) is 12.1. The van der Waals surface area contributed by atoms with Crippen molar-refractivity contribution in [3.63, 3.8) is 0 Å². The second-order valence-electron chi connectivity index (χ2n) is 4.53. The van der Waals surface area contributed by atoms with E-state index in [9.17, 15) is 0 Å². The zero-order valence-electron chi connectivity index (χ0n) is 11.4. The van der Waals surface area contributed by atoms with E-state index in [1.807, 2.05) is 7.05 Å². The molecule has 2 rings (SSSR count). The van der Waals surface area contributed by atoms with Crippen molar-refractivity contribution in [1.29, 1.82) is 0 Å². The predicted octanol–water partition coefficient (Wildman–Crippen LogP) is 2.32. The Morgan fingerprint density at radius 1 is 1.53 bits per heavy atom. The van der Waals surface area contributed by atoms with Gasteiger partial charge in [-0.3, -0.25) is 4.90 Å². The van der Waals surface area contributed by atoms with Crippen LogP contribution >= 0.6 is 36.2 Å². The van der Waals surface area contributed by atoms with Gasteiger partial charge in [0.15, 0.2) is 0 Å². The van der Waals surface area contributed by atoms with Gasteiger partial charge in [-0.05, 0) is 26.4 Å². The van der Waals surface area contributed by atoms with Crippen LogP contribution in [0.15, 0.2) is 5.38 Å². The highest BCUT2D eigenvalue weighted by Gasteiger charge is 2.19. The van der Waals surface area contributed by atoms with Gasteiger partial charge in [0.2, 0.25) is 0 Å². The summed E-state index contributed by atoms with van der Waals surface area (Å²) in [6, 6.07) is 0.640. The van der Waals surface area contributed by atoms with Gasteiger partial charge < -0.3 is 10.1 Å². The molecule has 7 heteroatoms. The van der Waals surface area contributed by atoms with Crippen LogP contribution in [0.4, 0.5) is 0 Å². The largest absolute Gasteiger partial charge is 0.378 e. The lowest BCUT2D eigenvalue weighted by molar-refractivity contribution is 0.180. The molecule has 0 aromatic carbocycles. The van der Waals surface area contributed by atoms with Crippen LogP contribution in [0.5, 0.6) is 0 Å². The van der Waals surface area contributed by atoms with E-state index < -0.39 is 0 Å². The number of nitrogens with zero attached hydrogens (tertiary/aromatic N) is 2. The molecule has 0 aliphatic carbocycles. The van der Waals surface area contributed by atoms with Crippen LogP contribution in [0, 0.1) is 0 Å². The van der Waals surface area contributed by atoms with Gasteiger partial charge in [0.1, 0.15) is 5.01 Å². The molecule has 0 amide bonds. The topological polar surface area (TPSA) is 37.4 Å². The van der Waals surface area contributed by atoms with Gasteiger partial charge in [0.25, 0.3) is 0 Å². The molecule has 1 aromatic rings. The van der Waals surface area contributed by atoms with Gasteiger partial charge in [0, 0.05) is 31.6 Å². The van der Waals surface area contributed by atoms with Crippen LogP contribution in [0.1, 0.15) is 23.5 Å². The standard InChI is InChI=1S/C12H21N3OS.2ClH/c1-13-10-4-3-5-15(6-10)7-11-9-17-12(14-11)8-16-2;;/h9-10,13H,3-8H2,1-2H3;2*1H. The maximum Gasteiger partial charge on any atom is 0.119 e. The first-order valence-corrected chi connectivity index (χ1v) is 7.01. The van der Waals surface area contributed by atoms with Crippen LogP contribution < -0.4 is 5.32 Å². The molecule has 112 valence electrons. The van der Waals surface area contributed by atoms with Crippen LogP contribution in [0.3, 0.4) is 0 Å². The van der Waals surface area contributed by atoms with Gasteiger partial charge in [-0.2, -0.15) is 0 Å². The van der Waals surface area contributed by atoms with Crippen LogP contribution in [0.25, 0.3) is 0 Å². The van der Waals surface area contributed by atoms with Crippen molar-refractivity contribution in [2.24, 2.45) is 0 Å². The van der Waals surface area contributed by atoms with E-state index in [0.29, 0.717) is 12.6 Å². The summed E-state index contributed by atoms with van der Waals surface area (Å²) < 4.78 is 5.09. The molecule has 1 aromatic heterocycles. The molecule has 1 aliphatic rings. The fourth-order valence-corrected chi connectivity index (χ4v) is 3.03. The molecule has 1 atom stereocenters. The van der Waals surface area contributed by atoms with Crippen molar-refractivity contribution in [2.45, 2.75) is 32.0 Å². The monoisotopic (exact) mass is 327 g/mol. The molecular formula is C12H23Cl2N3OS. The highest BCUT2D eigenvalue weighted by molar-refractivity contribution is 7.09. The SMILES string of the molecule is CNC1CCCN(Cc2csc(COC)n2)C1.Cl.Cl. The Morgan fingerprint density at radius 3 is 3.00 bits per heavy atom. The maximum absolute atomic E-state index is 5.09. The van der Waals surface area contributed by atoms with Crippen molar-refractivity contribution in [2.75, 3.05) is 27.2 Å². The number of ether oxygens (including phenoxy) is 1. The minimum Gasteiger partial charge on any atom is -0.378 e. The van der Waals surface area contributed by atoms with E-state index in [0.717, 1.165) is 18.1 Å². The minimum atomic E-state index is 0. The summed E-state index contributed by atoms with van der Waals surface area (Å²) in [7, 11) is 3.76. The second-order valence-corrected chi connectivity index (χ2v) is 5.47. The molecule has 19 heavy (non-hydrogen) atoms. The molecule has 1 N–H and O–H groups in total. The summed E-state index contributed by atoms with van der Waals surface area (Å²) in [6.45, 7) is 3.92. The van der Waals surface area contributed by atoms with Crippen molar-refractivity contribution in [1.82, 2.24) is 15.2 Å². The normalized spacial score (nSPS) is 19.6. The maximum atomic E-state index is 5.09. The average Bonchev–Trinajstić information content (AvgIpc) is 2.77. The third kappa shape index (κ3) is 5.94. The van der Waals surface area contributed by atoms with Crippen molar-refractivity contribution < 1.29 is 4.74 Å². The van der Waals surface area contributed by atoms with E-state index in [2.05, 4.69) is 20.6 Å². The Labute approximate surface area is 131 Å². The molecule has 2 heterocycles. The summed E-state index contributed by atoms with van der Waals surface area (Å²) in [5, 5.41) is 6.59. The van der Waals surface area contributed by atoms with Gasteiger partial charge in [0.05, 0.1) is 12.3 Å². The number of likely N-dealkylation sites (N-methyl/N-ethyl adjacent to an activating group) is 1. The molecule has 1 saturated heterocycles. The Balaban J connectivity index is 0.00000162. The number of rotatable bonds is 5. The molecular weight excluding hydrogens is 305 g/mol. The Bertz CT molecular complexity index is 351. The van der Waals surface area contributed by atoms with Crippen LogP contribution in [0.2, 0.25) is 0 Å². The lowest BCUT2D eigenvalue weighted by Crippen LogP contribution is -2.43. The number of halogens is 2. The highest BCUT2D eigenvalue weighted by Crippen LogP contribution is 2.16. The Morgan fingerprint density at radius 2 is 2.32 bits per heavy atom. The number of methoxy groups -OCH3 is 1. The fraction of sp³-hybridized carbons (Fsp3) is 0.750. The van der Waals surface area contributed by atoms with Crippen molar-refractivity contribution in [3.05, 3.63) is 16.1 Å². The molecule has 1 aliphatic heterocycles. The lowest BCUT2D eigenvalue weighted by atomic mass is 10.1. The summed E-state index contributed by atoms with van der Waals surface area (Å²) in [5.41, 5.74) is 1.18. The van der Waals surface area contributed by atoms with E-state index in [1.165, 1.54) is 25.1 Å². The van der Waals surface area contributed by atoms with Crippen LogP contribution in [-0.4, -0.2) is 43.2 Å². The van der Waals surface area contributed by atoms with E-state index in [-0.39, 0.29) is 24.8 Å². The summed E-state index contributed by atoms with van der Waals surface area (Å²) in [5.74, 6) is 0. The van der Waals surface area contributed by atoms with Gasteiger partial charge in [-0.25, -0.2) is 4.98 Å². The molecule has 1 unspecified atom stereocenters. The summed E-state index contributed by atoms with van der Waals surface area (Å²) in [6.07, 6.45) is 2.57. The quantitative estimate of drug-likeness (QED) is 0.900. The smallest absolute Gasteiger partial charge is 0.119 e. The minimum absolute atomic E-state index is 0. The fourth-order valence-electron chi connectivity index (χ4n) is 2.28. The average molecular weight is 328 g/mol. The summed E-state index contributed by atoms with van der Waals surface area (Å²) >= 11 is 1.69. The first kappa shape index (κ1) is 19.1. The number of thiazole rings is 1.